The first-order chi connectivity index (χ1) is 10.7. The first-order valence-corrected chi connectivity index (χ1v) is 7.34. The molecular formula is C17H13ClN4. The van der Waals surface area contributed by atoms with Gasteiger partial charge in [0.2, 0.25) is 0 Å². The van der Waals surface area contributed by atoms with Gasteiger partial charge < -0.3 is 10.3 Å². The third-order valence-electron chi connectivity index (χ3n) is 3.64. The maximum Gasteiger partial charge on any atom is 0.158 e. The monoisotopic (exact) mass is 308 g/mol. The molecule has 108 valence electrons. The molecule has 0 amide bonds. The number of halogens is 1. The summed E-state index contributed by atoms with van der Waals surface area (Å²) in [6.45, 7) is 2.08. The Balaban J connectivity index is 1.87. The van der Waals surface area contributed by atoms with E-state index in [4.69, 9.17) is 11.6 Å². The third-order valence-corrected chi connectivity index (χ3v) is 3.90. The summed E-state index contributed by atoms with van der Waals surface area (Å²) in [5.41, 5.74) is 5.02. The minimum atomic E-state index is 0.708. The van der Waals surface area contributed by atoms with E-state index in [0.29, 0.717) is 5.02 Å². The number of fused-ring (bicyclic) bond motifs is 3. The number of hydrogen-bond acceptors (Lipinski definition) is 3. The highest BCUT2D eigenvalue weighted by Crippen LogP contribution is 2.29. The van der Waals surface area contributed by atoms with Crippen LogP contribution in [0.1, 0.15) is 5.56 Å². The zero-order valence-corrected chi connectivity index (χ0v) is 12.6. The lowest BCUT2D eigenvalue weighted by Gasteiger charge is -2.06. The van der Waals surface area contributed by atoms with E-state index >= 15 is 0 Å². The fourth-order valence-electron chi connectivity index (χ4n) is 2.57. The van der Waals surface area contributed by atoms with Crippen molar-refractivity contribution in [3.63, 3.8) is 0 Å². The Morgan fingerprint density at radius 3 is 2.68 bits per heavy atom. The van der Waals surface area contributed by atoms with E-state index in [1.165, 1.54) is 5.56 Å². The first-order valence-electron chi connectivity index (χ1n) is 6.96. The first kappa shape index (κ1) is 13.1. The Morgan fingerprint density at radius 2 is 1.86 bits per heavy atom. The highest BCUT2D eigenvalue weighted by molar-refractivity contribution is 6.30. The Morgan fingerprint density at radius 1 is 1.05 bits per heavy atom. The van der Waals surface area contributed by atoms with Gasteiger partial charge in [-0.2, -0.15) is 0 Å². The van der Waals surface area contributed by atoms with E-state index < -0.39 is 0 Å². The van der Waals surface area contributed by atoms with Crippen molar-refractivity contribution in [2.24, 2.45) is 0 Å². The second-order valence-electron chi connectivity index (χ2n) is 5.25. The van der Waals surface area contributed by atoms with Crippen molar-refractivity contribution >= 4 is 45.0 Å². The van der Waals surface area contributed by atoms with Gasteiger partial charge in [-0.05, 0) is 43.3 Å². The summed E-state index contributed by atoms with van der Waals surface area (Å²) in [4.78, 5) is 12.2. The number of aryl methyl sites for hydroxylation is 1. The van der Waals surface area contributed by atoms with Crippen molar-refractivity contribution in [3.05, 3.63) is 59.4 Å². The average molecular weight is 309 g/mol. The van der Waals surface area contributed by atoms with Gasteiger partial charge in [-0.3, -0.25) is 0 Å². The fraction of sp³-hybridized carbons (Fsp3) is 0.0588. The maximum absolute atomic E-state index is 5.92. The van der Waals surface area contributed by atoms with Gasteiger partial charge in [0.05, 0.1) is 0 Å². The zero-order chi connectivity index (χ0) is 15.1. The third kappa shape index (κ3) is 2.18. The SMILES string of the molecule is Cc1ccc2[nH]c3c(Nc4ccc(Cl)cc4)ncnc3c2c1. The van der Waals surface area contributed by atoms with Crippen molar-refractivity contribution < 1.29 is 0 Å². The van der Waals surface area contributed by atoms with Crippen LogP contribution < -0.4 is 5.32 Å². The Hall–Kier alpha value is -2.59. The molecule has 0 aliphatic carbocycles. The Bertz CT molecular complexity index is 973. The molecule has 0 radical (unpaired) electrons. The number of nitrogens with one attached hydrogen (secondary N) is 2. The highest BCUT2D eigenvalue weighted by Gasteiger charge is 2.10. The summed E-state index contributed by atoms with van der Waals surface area (Å²) in [6.07, 6.45) is 1.58. The Kier molecular flexibility index (Phi) is 2.98. The van der Waals surface area contributed by atoms with Crippen LogP contribution in [0, 0.1) is 6.92 Å². The molecule has 0 saturated carbocycles. The lowest BCUT2D eigenvalue weighted by Crippen LogP contribution is -1.95. The average Bonchev–Trinajstić information content (AvgIpc) is 2.89. The minimum absolute atomic E-state index is 0.708. The molecule has 0 fully saturated rings. The molecule has 0 aliphatic heterocycles. The molecule has 2 aromatic heterocycles. The van der Waals surface area contributed by atoms with Gasteiger partial charge in [-0.1, -0.05) is 23.2 Å². The molecule has 5 heteroatoms. The van der Waals surface area contributed by atoms with Crippen LogP contribution in [-0.4, -0.2) is 15.0 Å². The van der Waals surface area contributed by atoms with Gasteiger partial charge >= 0.3 is 0 Å². The molecule has 0 spiro atoms. The second-order valence-corrected chi connectivity index (χ2v) is 5.69. The fourth-order valence-corrected chi connectivity index (χ4v) is 2.70. The van der Waals surface area contributed by atoms with Crippen LogP contribution in [-0.2, 0) is 0 Å². The van der Waals surface area contributed by atoms with Crippen molar-refractivity contribution in [2.45, 2.75) is 6.92 Å². The molecule has 0 unspecified atom stereocenters. The second kappa shape index (κ2) is 5.00. The zero-order valence-electron chi connectivity index (χ0n) is 11.9. The van der Waals surface area contributed by atoms with Crippen LogP contribution >= 0.6 is 11.6 Å². The molecule has 2 aromatic carbocycles. The molecule has 0 atom stereocenters. The van der Waals surface area contributed by atoms with E-state index in [1.54, 1.807) is 6.33 Å². The maximum atomic E-state index is 5.92. The highest BCUT2D eigenvalue weighted by atomic mass is 35.5. The van der Waals surface area contributed by atoms with Crippen molar-refractivity contribution in [2.75, 3.05) is 5.32 Å². The van der Waals surface area contributed by atoms with E-state index in [1.807, 2.05) is 24.3 Å². The van der Waals surface area contributed by atoms with Crippen molar-refractivity contribution in [1.82, 2.24) is 15.0 Å². The van der Waals surface area contributed by atoms with Crippen LogP contribution in [0.3, 0.4) is 0 Å². The van der Waals surface area contributed by atoms with Gasteiger partial charge in [0.1, 0.15) is 17.4 Å². The van der Waals surface area contributed by atoms with E-state index in [2.05, 4.69) is 45.4 Å². The van der Waals surface area contributed by atoms with Crippen LogP contribution in [0.5, 0.6) is 0 Å². The summed E-state index contributed by atoms with van der Waals surface area (Å²) in [5.74, 6) is 0.751. The lowest BCUT2D eigenvalue weighted by molar-refractivity contribution is 1.22. The molecule has 0 aliphatic rings. The molecule has 0 bridgehead atoms. The normalized spacial score (nSPS) is 11.2. The summed E-state index contributed by atoms with van der Waals surface area (Å²) < 4.78 is 0. The summed E-state index contributed by atoms with van der Waals surface area (Å²) in [5, 5.41) is 5.12. The molecular weight excluding hydrogens is 296 g/mol. The smallest absolute Gasteiger partial charge is 0.158 e. The Labute approximate surface area is 132 Å². The number of hydrogen-bond donors (Lipinski definition) is 2. The lowest BCUT2D eigenvalue weighted by atomic mass is 10.1. The molecule has 4 nitrogen and oxygen atoms in total. The van der Waals surface area contributed by atoms with Gasteiger partial charge in [0.15, 0.2) is 5.82 Å². The van der Waals surface area contributed by atoms with Gasteiger partial charge in [-0.15, -0.1) is 0 Å². The van der Waals surface area contributed by atoms with Crippen molar-refractivity contribution in [1.29, 1.82) is 0 Å². The van der Waals surface area contributed by atoms with Crippen LogP contribution in [0.25, 0.3) is 21.9 Å². The number of H-pyrrole nitrogens is 1. The number of nitrogens with zero attached hydrogens (tertiary/aromatic N) is 2. The summed E-state index contributed by atoms with van der Waals surface area (Å²) in [6, 6.07) is 13.8. The quantitative estimate of drug-likeness (QED) is 0.558. The number of aromatic amines is 1. The van der Waals surface area contributed by atoms with E-state index in [9.17, 15) is 0 Å². The number of benzene rings is 2. The predicted octanol–water partition coefficient (Wildman–Crippen LogP) is 4.82. The predicted molar refractivity (Wildman–Crippen MR) is 90.9 cm³/mol. The van der Waals surface area contributed by atoms with Crippen LogP contribution in [0.2, 0.25) is 5.02 Å². The molecule has 4 rings (SSSR count). The molecule has 0 saturated heterocycles. The molecule has 2 heterocycles. The molecule has 4 aromatic rings. The summed E-state index contributed by atoms with van der Waals surface area (Å²) in [7, 11) is 0. The molecule has 2 N–H and O–H groups in total. The standard InChI is InChI=1S/C17H13ClN4/c1-10-2-7-14-13(8-10)15-16(22-14)17(20-9-19-15)21-12-5-3-11(18)4-6-12/h2-9,22H,1H3,(H,19,20,21). The largest absolute Gasteiger partial charge is 0.350 e. The number of anilines is 2. The topological polar surface area (TPSA) is 53.6 Å². The number of aromatic nitrogens is 3. The van der Waals surface area contributed by atoms with Gasteiger partial charge in [0, 0.05) is 21.6 Å². The van der Waals surface area contributed by atoms with E-state index in [0.717, 1.165) is 33.4 Å². The molecule has 22 heavy (non-hydrogen) atoms. The van der Waals surface area contributed by atoms with Crippen molar-refractivity contribution in [3.8, 4) is 0 Å². The van der Waals surface area contributed by atoms with Crippen LogP contribution in [0.4, 0.5) is 11.5 Å². The van der Waals surface area contributed by atoms with Crippen LogP contribution in [0.15, 0.2) is 48.8 Å². The van der Waals surface area contributed by atoms with Gasteiger partial charge in [0.25, 0.3) is 0 Å². The number of rotatable bonds is 2. The van der Waals surface area contributed by atoms with E-state index in [-0.39, 0.29) is 0 Å². The summed E-state index contributed by atoms with van der Waals surface area (Å²) >= 11 is 5.92. The minimum Gasteiger partial charge on any atom is -0.350 e. The van der Waals surface area contributed by atoms with Gasteiger partial charge in [-0.25, -0.2) is 9.97 Å².